The molecule has 0 saturated heterocycles. The van der Waals surface area contributed by atoms with Crippen LogP contribution in [0.1, 0.15) is 21.5 Å². The standard InChI is InChI=1S/C14H14N2O2/c1-11-2-4-13(5-3-11)14(17)16(18)10-12-6-8-15-9-7-12/h2-9,18H,10H2,1H3. The molecular weight excluding hydrogens is 228 g/mol. The molecule has 4 nitrogen and oxygen atoms in total. The number of aryl methyl sites for hydroxylation is 1. The Balaban J connectivity index is 2.07. The summed E-state index contributed by atoms with van der Waals surface area (Å²) in [6.07, 6.45) is 3.25. The van der Waals surface area contributed by atoms with E-state index in [4.69, 9.17) is 0 Å². The molecule has 92 valence electrons. The summed E-state index contributed by atoms with van der Waals surface area (Å²) in [6, 6.07) is 10.6. The molecule has 0 aliphatic heterocycles. The predicted molar refractivity (Wildman–Crippen MR) is 67.1 cm³/mol. The van der Waals surface area contributed by atoms with Gasteiger partial charge in [0.2, 0.25) is 0 Å². The number of carbonyl (C=O) groups is 1. The van der Waals surface area contributed by atoms with E-state index in [9.17, 15) is 10.0 Å². The number of rotatable bonds is 3. The minimum Gasteiger partial charge on any atom is -0.285 e. The van der Waals surface area contributed by atoms with Crippen LogP contribution in [0, 0.1) is 6.92 Å². The third-order valence-corrected chi connectivity index (χ3v) is 2.61. The highest BCUT2D eigenvalue weighted by Crippen LogP contribution is 2.08. The number of hydrogen-bond acceptors (Lipinski definition) is 3. The van der Waals surface area contributed by atoms with Crippen molar-refractivity contribution in [2.75, 3.05) is 0 Å². The van der Waals surface area contributed by atoms with E-state index < -0.39 is 5.91 Å². The smallest absolute Gasteiger partial charge is 0.277 e. The maximum Gasteiger partial charge on any atom is 0.277 e. The molecule has 0 radical (unpaired) electrons. The third kappa shape index (κ3) is 2.93. The van der Waals surface area contributed by atoms with Crippen LogP contribution in [-0.2, 0) is 6.54 Å². The molecule has 1 heterocycles. The SMILES string of the molecule is Cc1ccc(C(=O)N(O)Cc2ccncc2)cc1. The molecule has 1 aromatic heterocycles. The third-order valence-electron chi connectivity index (χ3n) is 2.61. The first kappa shape index (κ1) is 12.3. The maximum atomic E-state index is 11.9. The van der Waals surface area contributed by atoms with E-state index in [0.717, 1.165) is 11.1 Å². The van der Waals surface area contributed by atoms with Crippen LogP contribution in [0.25, 0.3) is 0 Å². The van der Waals surface area contributed by atoms with Gasteiger partial charge in [0, 0.05) is 18.0 Å². The van der Waals surface area contributed by atoms with Gasteiger partial charge < -0.3 is 0 Å². The van der Waals surface area contributed by atoms with Crippen molar-refractivity contribution >= 4 is 5.91 Å². The summed E-state index contributed by atoms with van der Waals surface area (Å²) >= 11 is 0. The van der Waals surface area contributed by atoms with Gasteiger partial charge in [-0.2, -0.15) is 0 Å². The quantitative estimate of drug-likeness (QED) is 0.664. The molecule has 0 unspecified atom stereocenters. The Bertz CT molecular complexity index is 523. The lowest BCUT2D eigenvalue weighted by Crippen LogP contribution is -2.26. The molecule has 0 aliphatic rings. The first-order valence-corrected chi connectivity index (χ1v) is 5.63. The van der Waals surface area contributed by atoms with E-state index in [0.29, 0.717) is 10.6 Å². The van der Waals surface area contributed by atoms with Gasteiger partial charge in [-0.15, -0.1) is 0 Å². The molecular formula is C14H14N2O2. The number of nitrogens with zero attached hydrogens (tertiary/aromatic N) is 2. The minimum atomic E-state index is -0.410. The van der Waals surface area contributed by atoms with Crippen LogP contribution in [0.3, 0.4) is 0 Å². The zero-order chi connectivity index (χ0) is 13.0. The van der Waals surface area contributed by atoms with Gasteiger partial charge >= 0.3 is 0 Å². The summed E-state index contributed by atoms with van der Waals surface area (Å²) in [5.74, 6) is -0.410. The lowest BCUT2D eigenvalue weighted by molar-refractivity contribution is -0.0648. The van der Waals surface area contributed by atoms with Crippen LogP contribution < -0.4 is 0 Å². The number of hydroxylamine groups is 2. The Hall–Kier alpha value is -2.20. The second kappa shape index (κ2) is 5.42. The van der Waals surface area contributed by atoms with Gasteiger partial charge in [0.25, 0.3) is 5.91 Å². The molecule has 0 atom stereocenters. The second-order valence-corrected chi connectivity index (χ2v) is 4.08. The van der Waals surface area contributed by atoms with Crippen molar-refractivity contribution in [3.05, 3.63) is 65.5 Å². The van der Waals surface area contributed by atoms with Crippen molar-refractivity contribution < 1.29 is 10.0 Å². The largest absolute Gasteiger partial charge is 0.285 e. The molecule has 1 amide bonds. The van der Waals surface area contributed by atoms with Gasteiger partial charge in [-0.25, -0.2) is 5.06 Å². The van der Waals surface area contributed by atoms with Crippen LogP contribution in [-0.4, -0.2) is 21.2 Å². The van der Waals surface area contributed by atoms with Crippen LogP contribution in [0.4, 0.5) is 0 Å². The molecule has 0 fully saturated rings. The van der Waals surface area contributed by atoms with Crippen LogP contribution >= 0.6 is 0 Å². The van der Waals surface area contributed by atoms with E-state index >= 15 is 0 Å². The molecule has 0 aliphatic carbocycles. The number of aromatic nitrogens is 1. The molecule has 2 rings (SSSR count). The average molecular weight is 242 g/mol. The van der Waals surface area contributed by atoms with Crippen molar-refractivity contribution in [1.82, 2.24) is 10.0 Å². The van der Waals surface area contributed by atoms with Crippen LogP contribution in [0.15, 0.2) is 48.8 Å². The van der Waals surface area contributed by atoms with Gasteiger partial charge in [0.1, 0.15) is 0 Å². The van der Waals surface area contributed by atoms with Gasteiger partial charge in [-0.3, -0.25) is 15.0 Å². The van der Waals surface area contributed by atoms with Crippen LogP contribution in [0.2, 0.25) is 0 Å². The molecule has 1 aromatic carbocycles. The van der Waals surface area contributed by atoms with E-state index in [1.807, 2.05) is 19.1 Å². The Morgan fingerprint density at radius 1 is 1.17 bits per heavy atom. The Morgan fingerprint density at radius 3 is 2.39 bits per heavy atom. The Labute approximate surface area is 105 Å². The maximum absolute atomic E-state index is 11.9. The Morgan fingerprint density at radius 2 is 1.78 bits per heavy atom. The number of carbonyl (C=O) groups excluding carboxylic acids is 1. The number of benzene rings is 1. The zero-order valence-corrected chi connectivity index (χ0v) is 10.1. The summed E-state index contributed by atoms with van der Waals surface area (Å²) in [5, 5.41) is 10.5. The van der Waals surface area contributed by atoms with Crippen molar-refractivity contribution in [1.29, 1.82) is 0 Å². The molecule has 1 N–H and O–H groups in total. The molecule has 2 aromatic rings. The topological polar surface area (TPSA) is 53.4 Å². The van der Waals surface area contributed by atoms with Gasteiger partial charge in [-0.05, 0) is 36.8 Å². The minimum absolute atomic E-state index is 0.148. The fourth-order valence-electron chi connectivity index (χ4n) is 1.58. The fourth-order valence-corrected chi connectivity index (χ4v) is 1.58. The van der Waals surface area contributed by atoms with Gasteiger partial charge in [0.05, 0.1) is 6.54 Å². The summed E-state index contributed by atoms with van der Waals surface area (Å²) in [4.78, 5) is 15.8. The number of pyridine rings is 1. The first-order valence-electron chi connectivity index (χ1n) is 5.63. The van der Waals surface area contributed by atoms with Crippen LogP contribution in [0.5, 0.6) is 0 Å². The summed E-state index contributed by atoms with van der Waals surface area (Å²) in [5.41, 5.74) is 2.37. The second-order valence-electron chi connectivity index (χ2n) is 4.08. The summed E-state index contributed by atoms with van der Waals surface area (Å²) in [7, 11) is 0. The highest BCUT2D eigenvalue weighted by Gasteiger charge is 2.13. The predicted octanol–water partition coefficient (Wildman–Crippen LogP) is 2.42. The highest BCUT2D eigenvalue weighted by atomic mass is 16.5. The average Bonchev–Trinajstić information content (AvgIpc) is 2.40. The Kier molecular flexibility index (Phi) is 3.69. The molecule has 0 saturated carbocycles. The highest BCUT2D eigenvalue weighted by molar-refractivity contribution is 5.93. The van der Waals surface area contributed by atoms with Crippen molar-refractivity contribution in [3.63, 3.8) is 0 Å². The molecule has 0 bridgehead atoms. The van der Waals surface area contributed by atoms with E-state index in [-0.39, 0.29) is 6.54 Å². The lowest BCUT2D eigenvalue weighted by atomic mass is 10.1. The summed E-state index contributed by atoms with van der Waals surface area (Å²) in [6.45, 7) is 2.09. The monoisotopic (exact) mass is 242 g/mol. The van der Waals surface area contributed by atoms with E-state index in [1.54, 1.807) is 36.7 Å². The number of amides is 1. The molecule has 18 heavy (non-hydrogen) atoms. The first-order chi connectivity index (χ1) is 8.66. The lowest BCUT2D eigenvalue weighted by Gasteiger charge is -2.15. The normalized spacial score (nSPS) is 10.1. The summed E-state index contributed by atoms with van der Waals surface area (Å²) < 4.78 is 0. The molecule has 0 spiro atoms. The molecule has 4 heteroatoms. The van der Waals surface area contributed by atoms with E-state index in [2.05, 4.69) is 4.98 Å². The van der Waals surface area contributed by atoms with Gasteiger partial charge in [0.15, 0.2) is 0 Å². The number of hydrogen-bond donors (Lipinski definition) is 1. The fraction of sp³-hybridized carbons (Fsp3) is 0.143. The van der Waals surface area contributed by atoms with Crippen molar-refractivity contribution in [2.24, 2.45) is 0 Å². The van der Waals surface area contributed by atoms with Gasteiger partial charge in [-0.1, -0.05) is 17.7 Å². The van der Waals surface area contributed by atoms with Crippen molar-refractivity contribution in [3.8, 4) is 0 Å². The van der Waals surface area contributed by atoms with E-state index in [1.165, 1.54) is 0 Å². The zero-order valence-electron chi connectivity index (χ0n) is 10.1. The van der Waals surface area contributed by atoms with Crippen molar-refractivity contribution in [2.45, 2.75) is 13.5 Å².